The normalized spacial score (nSPS) is 11.2. The Morgan fingerprint density at radius 1 is 1.05 bits per heavy atom. The van der Waals surface area contributed by atoms with Crippen LogP contribution in [-0.4, -0.2) is 12.8 Å². The van der Waals surface area contributed by atoms with Crippen LogP contribution in [0.2, 0.25) is 0 Å². The van der Waals surface area contributed by atoms with Crippen molar-refractivity contribution in [1.82, 2.24) is 0 Å². The maximum Gasteiger partial charge on any atom is 0.119 e. The smallest absolute Gasteiger partial charge is 0.119 e. The molecule has 0 unspecified atom stereocenters. The minimum Gasteiger partial charge on any atom is -0.497 e. The average molecular weight is 254 g/mol. The molecule has 0 spiro atoms. The van der Waals surface area contributed by atoms with E-state index in [1.807, 2.05) is 42.5 Å². The predicted octanol–water partition coefficient (Wildman–Crippen LogP) is 3.92. The van der Waals surface area contributed by atoms with Crippen LogP contribution in [0.5, 0.6) is 5.75 Å². The van der Waals surface area contributed by atoms with Crippen LogP contribution in [0.25, 0.3) is 0 Å². The fourth-order valence-corrected chi connectivity index (χ4v) is 1.78. The molecule has 0 aliphatic heterocycles. The van der Waals surface area contributed by atoms with Crippen molar-refractivity contribution in [1.29, 1.82) is 0 Å². The van der Waals surface area contributed by atoms with E-state index in [0.717, 1.165) is 29.1 Å². The van der Waals surface area contributed by atoms with Crippen molar-refractivity contribution < 1.29 is 4.74 Å². The third-order valence-corrected chi connectivity index (χ3v) is 2.85. The Morgan fingerprint density at radius 3 is 2.32 bits per heavy atom. The quantitative estimate of drug-likeness (QED) is 0.648. The molecule has 98 valence electrons. The van der Waals surface area contributed by atoms with Gasteiger partial charge in [0.1, 0.15) is 5.75 Å². The molecule has 0 heterocycles. The van der Waals surface area contributed by atoms with Gasteiger partial charge in [0, 0.05) is 0 Å². The minimum absolute atomic E-state index is 0.841. The highest BCUT2D eigenvalue weighted by Gasteiger charge is 2.00. The van der Waals surface area contributed by atoms with Crippen LogP contribution >= 0.6 is 0 Å². The second-order valence-electron chi connectivity index (χ2n) is 4.12. The third-order valence-electron chi connectivity index (χ3n) is 2.85. The Kier molecular flexibility index (Phi) is 4.56. The molecule has 0 saturated carbocycles. The lowest BCUT2D eigenvalue weighted by molar-refractivity contribution is 0.415. The fourth-order valence-electron chi connectivity index (χ4n) is 1.78. The molecule has 0 atom stereocenters. The lowest BCUT2D eigenvalue weighted by Gasteiger charge is -2.06. The largest absolute Gasteiger partial charge is 0.497 e. The van der Waals surface area contributed by atoms with E-state index >= 15 is 0 Å². The van der Waals surface area contributed by atoms with Gasteiger partial charge in [-0.15, -0.1) is 0 Å². The van der Waals surface area contributed by atoms with Gasteiger partial charge in [-0.05, 0) is 36.2 Å². The molecular formula is C16H18N2O. The maximum atomic E-state index is 5.12. The molecule has 0 aliphatic rings. The van der Waals surface area contributed by atoms with Gasteiger partial charge < -0.3 is 4.74 Å². The summed E-state index contributed by atoms with van der Waals surface area (Å²) in [6.07, 6.45) is 0.882. The topological polar surface area (TPSA) is 33.6 Å². The summed E-state index contributed by atoms with van der Waals surface area (Å²) in [5.41, 5.74) is 6.21. The molecule has 3 heteroatoms. The van der Waals surface area contributed by atoms with Crippen molar-refractivity contribution in [2.45, 2.75) is 13.3 Å². The monoisotopic (exact) mass is 254 g/mol. The molecule has 0 bridgehead atoms. The first-order valence-corrected chi connectivity index (χ1v) is 6.35. The molecule has 0 aliphatic carbocycles. The second kappa shape index (κ2) is 6.59. The van der Waals surface area contributed by atoms with E-state index in [0.29, 0.717) is 0 Å². The number of benzene rings is 2. The van der Waals surface area contributed by atoms with Crippen LogP contribution in [0.3, 0.4) is 0 Å². The molecule has 0 saturated heterocycles. The first kappa shape index (κ1) is 13.1. The van der Waals surface area contributed by atoms with Crippen molar-refractivity contribution in [2.75, 3.05) is 12.5 Å². The van der Waals surface area contributed by atoms with Crippen molar-refractivity contribution in [3.05, 3.63) is 60.2 Å². The van der Waals surface area contributed by atoms with Gasteiger partial charge in [-0.2, -0.15) is 5.10 Å². The minimum atomic E-state index is 0.841. The van der Waals surface area contributed by atoms with Crippen LogP contribution in [0, 0.1) is 0 Å². The molecule has 0 aromatic heterocycles. The zero-order chi connectivity index (χ0) is 13.5. The lowest BCUT2D eigenvalue weighted by atomic mass is 10.1. The molecule has 19 heavy (non-hydrogen) atoms. The third kappa shape index (κ3) is 3.58. The molecule has 1 N–H and O–H groups in total. The van der Waals surface area contributed by atoms with Crippen LogP contribution in [0.1, 0.15) is 18.9 Å². The summed E-state index contributed by atoms with van der Waals surface area (Å²) in [7, 11) is 1.66. The van der Waals surface area contributed by atoms with Gasteiger partial charge in [-0.3, -0.25) is 5.43 Å². The Hall–Kier alpha value is -2.29. The number of hydrazone groups is 1. The molecule has 0 radical (unpaired) electrons. The summed E-state index contributed by atoms with van der Waals surface area (Å²) >= 11 is 0. The van der Waals surface area contributed by atoms with Crippen LogP contribution in [0.4, 0.5) is 5.69 Å². The molecule has 2 aromatic rings. The van der Waals surface area contributed by atoms with Crippen molar-refractivity contribution in [3.63, 3.8) is 0 Å². The van der Waals surface area contributed by atoms with Crippen LogP contribution < -0.4 is 10.2 Å². The van der Waals surface area contributed by atoms with Gasteiger partial charge >= 0.3 is 0 Å². The molecule has 2 aromatic carbocycles. The van der Waals surface area contributed by atoms with Crippen LogP contribution in [0.15, 0.2) is 59.7 Å². The van der Waals surface area contributed by atoms with Gasteiger partial charge in [0.05, 0.1) is 18.5 Å². The van der Waals surface area contributed by atoms with Gasteiger partial charge in [0.2, 0.25) is 0 Å². The summed E-state index contributed by atoms with van der Waals surface area (Å²) in [5, 5.41) is 4.46. The number of nitrogens with one attached hydrogen (secondary N) is 1. The predicted molar refractivity (Wildman–Crippen MR) is 79.9 cm³/mol. The van der Waals surface area contributed by atoms with Crippen molar-refractivity contribution in [3.8, 4) is 5.75 Å². The molecule has 0 amide bonds. The van der Waals surface area contributed by atoms with E-state index in [1.54, 1.807) is 7.11 Å². The fraction of sp³-hybridized carbons (Fsp3) is 0.188. The standard InChI is InChI=1S/C16H18N2O/c1-3-16(13-7-5-4-6-8-13)18-17-14-9-11-15(19-2)12-10-14/h4-12,17H,3H2,1-2H3. The van der Waals surface area contributed by atoms with Gasteiger partial charge in [0.15, 0.2) is 0 Å². The van der Waals surface area contributed by atoms with Gasteiger partial charge in [-0.25, -0.2) is 0 Å². The molecule has 0 fully saturated rings. The second-order valence-corrected chi connectivity index (χ2v) is 4.12. The number of methoxy groups -OCH3 is 1. The molecular weight excluding hydrogens is 236 g/mol. The number of nitrogens with zero attached hydrogens (tertiary/aromatic N) is 1. The summed E-state index contributed by atoms with van der Waals surface area (Å²) < 4.78 is 5.12. The summed E-state index contributed by atoms with van der Waals surface area (Å²) in [5.74, 6) is 0.841. The van der Waals surface area contributed by atoms with Gasteiger partial charge in [0.25, 0.3) is 0 Å². The van der Waals surface area contributed by atoms with Crippen LogP contribution in [-0.2, 0) is 0 Å². The highest BCUT2D eigenvalue weighted by molar-refractivity contribution is 6.00. The number of hydrogen-bond acceptors (Lipinski definition) is 3. The highest BCUT2D eigenvalue weighted by atomic mass is 16.5. The Labute approximate surface area is 113 Å². The molecule has 3 nitrogen and oxygen atoms in total. The van der Waals surface area contributed by atoms with E-state index in [-0.39, 0.29) is 0 Å². The first-order chi connectivity index (χ1) is 9.33. The van der Waals surface area contributed by atoms with E-state index in [1.165, 1.54) is 0 Å². The van der Waals surface area contributed by atoms with E-state index < -0.39 is 0 Å². The lowest BCUT2D eigenvalue weighted by Crippen LogP contribution is -2.02. The van der Waals surface area contributed by atoms with Gasteiger partial charge in [-0.1, -0.05) is 37.3 Å². The SMILES string of the molecule is CCC(=NNc1ccc(OC)cc1)c1ccccc1. The van der Waals surface area contributed by atoms with E-state index in [2.05, 4.69) is 29.6 Å². The molecule has 2 rings (SSSR count). The summed E-state index contributed by atoms with van der Waals surface area (Å²) in [4.78, 5) is 0. The average Bonchev–Trinajstić information content (AvgIpc) is 2.49. The zero-order valence-corrected chi connectivity index (χ0v) is 11.3. The van der Waals surface area contributed by atoms with E-state index in [9.17, 15) is 0 Å². The Bertz CT molecular complexity index is 532. The Balaban J connectivity index is 2.11. The number of ether oxygens (including phenoxy) is 1. The number of anilines is 1. The first-order valence-electron chi connectivity index (χ1n) is 6.35. The zero-order valence-electron chi connectivity index (χ0n) is 11.3. The summed E-state index contributed by atoms with van der Waals surface area (Å²) in [6, 6.07) is 17.9. The van der Waals surface area contributed by atoms with Crippen molar-refractivity contribution >= 4 is 11.4 Å². The number of hydrogen-bond donors (Lipinski definition) is 1. The van der Waals surface area contributed by atoms with Crippen molar-refractivity contribution in [2.24, 2.45) is 5.10 Å². The highest BCUT2D eigenvalue weighted by Crippen LogP contribution is 2.15. The van der Waals surface area contributed by atoms with E-state index in [4.69, 9.17) is 4.74 Å². The maximum absolute atomic E-state index is 5.12. The number of rotatable bonds is 5. The Morgan fingerprint density at radius 2 is 1.74 bits per heavy atom. The summed E-state index contributed by atoms with van der Waals surface area (Å²) in [6.45, 7) is 2.10.